The van der Waals surface area contributed by atoms with Crippen LogP contribution in [0, 0.1) is 0 Å². The number of ether oxygens (including phenoxy) is 1. The number of ketones is 1. The molecule has 0 saturated heterocycles. The van der Waals surface area contributed by atoms with E-state index in [1.807, 2.05) is 49.4 Å². The minimum absolute atomic E-state index is 0.0650. The lowest BCUT2D eigenvalue weighted by atomic mass is 10.0. The molecule has 2 heteroatoms. The Balaban J connectivity index is 2.54. The van der Waals surface area contributed by atoms with Gasteiger partial charge in [0.2, 0.25) is 0 Å². The van der Waals surface area contributed by atoms with Gasteiger partial charge in [-0.15, -0.1) is 0 Å². The molecule has 0 saturated carbocycles. The molecule has 0 aliphatic rings. The average molecular weight is 240 g/mol. The molecule has 2 rings (SSSR count). The van der Waals surface area contributed by atoms with Gasteiger partial charge in [0.15, 0.2) is 5.78 Å². The summed E-state index contributed by atoms with van der Waals surface area (Å²) in [6, 6.07) is 15.5. The Morgan fingerprint density at radius 3 is 2.44 bits per heavy atom. The van der Waals surface area contributed by atoms with E-state index in [2.05, 4.69) is 0 Å². The van der Waals surface area contributed by atoms with E-state index >= 15 is 0 Å². The number of rotatable bonds is 4. The van der Waals surface area contributed by atoms with Crippen LogP contribution in [0.4, 0.5) is 0 Å². The zero-order chi connectivity index (χ0) is 13.0. The van der Waals surface area contributed by atoms with Crippen molar-refractivity contribution in [2.75, 3.05) is 6.61 Å². The third-order valence-corrected chi connectivity index (χ3v) is 2.77. The molecule has 2 nitrogen and oxygen atoms in total. The molecule has 0 N–H and O–H groups in total. The van der Waals surface area contributed by atoms with Gasteiger partial charge in [0.25, 0.3) is 0 Å². The summed E-state index contributed by atoms with van der Waals surface area (Å²) in [7, 11) is 0. The maximum atomic E-state index is 11.5. The van der Waals surface area contributed by atoms with Crippen LogP contribution in [0.1, 0.15) is 24.2 Å². The van der Waals surface area contributed by atoms with E-state index in [-0.39, 0.29) is 5.78 Å². The number of hydrogen-bond acceptors (Lipinski definition) is 2. The first-order chi connectivity index (χ1) is 8.72. The van der Waals surface area contributed by atoms with Gasteiger partial charge in [-0.3, -0.25) is 4.79 Å². The Bertz CT molecular complexity index is 544. The lowest BCUT2D eigenvalue weighted by Crippen LogP contribution is -1.97. The summed E-state index contributed by atoms with van der Waals surface area (Å²) in [5.41, 5.74) is 2.73. The fourth-order valence-corrected chi connectivity index (χ4v) is 1.87. The monoisotopic (exact) mass is 240 g/mol. The molecule has 0 fully saturated rings. The van der Waals surface area contributed by atoms with Crippen LogP contribution in [0.5, 0.6) is 5.75 Å². The van der Waals surface area contributed by atoms with Gasteiger partial charge in [-0.1, -0.05) is 30.3 Å². The Morgan fingerprint density at radius 1 is 1.11 bits per heavy atom. The second-order valence-corrected chi connectivity index (χ2v) is 4.07. The van der Waals surface area contributed by atoms with E-state index in [9.17, 15) is 4.79 Å². The van der Waals surface area contributed by atoms with Crippen LogP contribution < -0.4 is 4.74 Å². The SMILES string of the molecule is CCOc1ccc(C(C)=O)cc1-c1ccccc1. The predicted octanol–water partition coefficient (Wildman–Crippen LogP) is 3.95. The maximum absolute atomic E-state index is 11.5. The molecule has 92 valence electrons. The normalized spacial score (nSPS) is 10.1. The molecule has 2 aromatic rings. The highest BCUT2D eigenvalue weighted by molar-refractivity contribution is 5.96. The molecule has 0 atom stereocenters. The minimum Gasteiger partial charge on any atom is -0.493 e. The lowest BCUT2D eigenvalue weighted by Gasteiger charge is -2.11. The summed E-state index contributed by atoms with van der Waals surface area (Å²) < 4.78 is 5.61. The summed E-state index contributed by atoms with van der Waals surface area (Å²) in [5, 5.41) is 0. The van der Waals surface area contributed by atoms with E-state index in [1.165, 1.54) is 0 Å². The molecule has 0 aliphatic carbocycles. The van der Waals surface area contributed by atoms with Crippen molar-refractivity contribution in [3.05, 3.63) is 54.1 Å². The Hall–Kier alpha value is -2.09. The van der Waals surface area contributed by atoms with Crippen molar-refractivity contribution in [3.63, 3.8) is 0 Å². The van der Waals surface area contributed by atoms with Crippen molar-refractivity contribution < 1.29 is 9.53 Å². The quantitative estimate of drug-likeness (QED) is 0.756. The van der Waals surface area contributed by atoms with E-state index < -0.39 is 0 Å². The van der Waals surface area contributed by atoms with E-state index in [0.717, 1.165) is 16.9 Å². The molecule has 0 unspecified atom stereocenters. The van der Waals surface area contributed by atoms with Gasteiger partial charge in [0.1, 0.15) is 5.75 Å². The molecule has 0 amide bonds. The first-order valence-corrected chi connectivity index (χ1v) is 6.05. The summed E-state index contributed by atoms with van der Waals surface area (Å²) in [6.07, 6.45) is 0. The van der Waals surface area contributed by atoms with Crippen molar-refractivity contribution in [3.8, 4) is 16.9 Å². The van der Waals surface area contributed by atoms with Crippen molar-refractivity contribution in [1.82, 2.24) is 0 Å². The first kappa shape index (κ1) is 12.4. The molecule has 0 radical (unpaired) electrons. The molecule has 0 aliphatic heterocycles. The smallest absolute Gasteiger partial charge is 0.159 e. The standard InChI is InChI=1S/C16H16O2/c1-3-18-16-10-9-14(12(2)17)11-15(16)13-7-5-4-6-8-13/h4-11H,3H2,1-2H3. The lowest BCUT2D eigenvalue weighted by molar-refractivity contribution is 0.101. The van der Waals surface area contributed by atoms with Gasteiger partial charge in [0.05, 0.1) is 6.61 Å². The number of Topliss-reactive ketones (excluding diaryl/α,β-unsaturated/α-hetero) is 1. The van der Waals surface area contributed by atoms with Gasteiger partial charge in [-0.2, -0.15) is 0 Å². The van der Waals surface area contributed by atoms with Gasteiger partial charge in [0, 0.05) is 11.1 Å². The van der Waals surface area contributed by atoms with E-state index in [1.54, 1.807) is 13.0 Å². The van der Waals surface area contributed by atoms with E-state index in [0.29, 0.717) is 12.2 Å². The Kier molecular flexibility index (Phi) is 3.78. The third-order valence-electron chi connectivity index (χ3n) is 2.77. The van der Waals surface area contributed by atoms with Crippen molar-refractivity contribution in [1.29, 1.82) is 0 Å². The minimum atomic E-state index is 0.0650. The van der Waals surface area contributed by atoms with Gasteiger partial charge in [-0.05, 0) is 37.6 Å². The summed E-state index contributed by atoms with van der Waals surface area (Å²) in [4.78, 5) is 11.5. The number of hydrogen-bond donors (Lipinski definition) is 0. The second kappa shape index (κ2) is 5.50. The van der Waals surface area contributed by atoms with Gasteiger partial charge in [-0.25, -0.2) is 0 Å². The zero-order valence-electron chi connectivity index (χ0n) is 10.6. The fraction of sp³-hybridized carbons (Fsp3) is 0.188. The van der Waals surface area contributed by atoms with E-state index in [4.69, 9.17) is 4.74 Å². The fourth-order valence-electron chi connectivity index (χ4n) is 1.87. The van der Waals surface area contributed by atoms with Crippen LogP contribution in [-0.4, -0.2) is 12.4 Å². The maximum Gasteiger partial charge on any atom is 0.159 e. The first-order valence-electron chi connectivity index (χ1n) is 6.05. The number of benzene rings is 2. The summed E-state index contributed by atoms with van der Waals surface area (Å²) in [5.74, 6) is 0.879. The van der Waals surface area contributed by atoms with Crippen LogP contribution in [0.3, 0.4) is 0 Å². The number of carbonyl (C=O) groups excluding carboxylic acids is 1. The molecule has 0 spiro atoms. The summed E-state index contributed by atoms with van der Waals surface area (Å²) in [6.45, 7) is 4.14. The average Bonchev–Trinajstić information content (AvgIpc) is 2.40. The van der Waals surface area contributed by atoms with Crippen molar-refractivity contribution in [2.24, 2.45) is 0 Å². The van der Waals surface area contributed by atoms with Crippen LogP contribution >= 0.6 is 0 Å². The second-order valence-electron chi connectivity index (χ2n) is 4.07. The molecule has 0 aromatic heterocycles. The highest BCUT2D eigenvalue weighted by Crippen LogP contribution is 2.31. The van der Waals surface area contributed by atoms with Crippen LogP contribution in [0.15, 0.2) is 48.5 Å². The Morgan fingerprint density at radius 2 is 1.83 bits per heavy atom. The molecular formula is C16H16O2. The van der Waals surface area contributed by atoms with Gasteiger partial charge >= 0.3 is 0 Å². The highest BCUT2D eigenvalue weighted by Gasteiger charge is 2.09. The highest BCUT2D eigenvalue weighted by atomic mass is 16.5. The molecule has 18 heavy (non-hydrogen) atoms. The topological polar surface area (TPSA) is 26.3 Å². The summed E-state index contributed by atoms with van der Waals surface area (Å²) >= 11 is 0. The predicted molar refractivity (Wildman–Crippen MR) is 73.1 cm³/mol. The zero-order valence-corrected chi connectivity index (χ0v) is 10.6. The van der Waals surface area contributed by atoms with Crippen molar-refractivity contribution >= 4 is 5.78 Å². The molecule has 0 bridgehead atoms. The van der Waals surface area contributed by atoms with Crippen molar-refractivity contribution in [2.45, 2.75) is 13.8 Å². The molecule has 0 heterocycles. The van der Waals surface area contributed by atoms with Gasteiger partial charge < -0.3 is 4.74 Å². The van der Waals surface area contributed by atoms with Crippen LogP contribution in [0.25, 0.3) is 11.1 Å². The van der Waals surface area contributed by atoms with Crippen LogP contribution in [0.2, 0.25) is 0 Å². The Labute approximate surface area is 107 Å². The number of carbonyl (C=O) groups is 1. The largest absolute Gasteiger partial charge is 0.493 e. The van der Waals surface area contributed by atoms with Crippen LogP contribution in [-0.2, 0) is 0 Å². The third kappa shape index (κ3) is 2.59. The molecular weight excluding hydrogens is 224 g/mol. The molecule has 2 aromatic carbocycles.